The summed E-state index contributed by atoms with van der Waals surface area (Å²) in [6.07, 6.45) is 3.92. The summed E-state index contributed by atoms with van der Waals surface area (Å²) in [6, 6.07) is 1.14. The topological polar surface area (TPSA) is 46.3 Å². The number of rotatable bonds is 7. The first-order valence-electron chi connectivity index (χ1n) is 6.08. The maximum Gasteiger partial charge on any atom is 0.244 e. The third-order valence-corrected chi connectivity index (χ3v) is 2.79. The summed E-state index contributed by atoms with van der Waals surface area (Å²) in [5.74, 6) is -0.315. The molecule has 0 radical (unpaired) electrons. The second kappa shape index (κ2) is 7.44. The highest BCUT2D eigenvalue weighted by Crippen LogP contribution is 2.07. The summed E-state index contributed by atoms with van der Waals surface area (Å²) < 4.78 is 0. The second-order valence-corrected chi connectivity index (χ2v) is 4.82. The molecular weight excluding hydrogens is 200 g/mol. The fourth-order valence-corrected chi connectivity index (χ4v) is 1.81. The SMILES string of the molecule is CC(=CCCCN(C(C)C)C(C)C)C(N)=O. The van der Waals surface area contributed by atoms with E-state index < -0.39 is 0 Å². The molecule has 0 unspecified atom stereocenters. The van der Waals surface area contributed by atoms with E-state index in [1.165, 1.54) is 0 Å². The Morgan fingerprint density at radius 2 is 1.75 bits per heavy atom. The number of allylic oxidation sites excluding steroid dienone is 1. The Labute approximate surface area is 99.7 Å². The summed E-state index contributed by atoms with van der Waals surface area (Å²) in [5.41, 5.74) is 5.82. The van der Waals surface area contributed by atoms with Gasteiger partial charge in [-0.1, -0.05) is 6.08 Å². The minimum Gasteiger partial charge on any atom is -0.366 e. The van der Waals surface area contributed by atoms with Crippen molar-refractivity contribution in [1.82, 2.24) is 4.90 Å². The van der Waals surface area contributed by atoms with Crippen LogP contribution in [0.3, 0.4) is 0 Å². The Bertz CT molecular complexity index is 236. The molecule has 16 heavy (non-hydrogen) atoms. The first kappa shape index (κ1) is 15.2. The average Bonchev–Trinajstić information content (AvgIpc) is 2.15. The fraction of sp³-hybridized carbons (Fsp3) is 0.769. The van der Waals surface area contributed by atoms with Crippen molar-refractivity contribution in [2.45, 2.75) is 59.5 Å². The maximum atomic E-state index is 10.8. The van der Waals surface area contributed by atoms with Crippen molar-refractivity contribution in [1.29, 1.82) is 0 Å². The number of primary amides is 1. The first-order chi connectivity index (χ1) is 7.36. The van der Waals surface area contributed by atoms with Crippen molar-refractivity contribution in [3.63, 3.8) is 0 Å². The second-order valence-electron chi connectivity index (χ2n) is 4.82. The van der Waals surface area contributed by atoms with Crippen LogP contribution >= 0.6 is 0 Å². The van der Waals surface area contributed by atoms with Gasteiger partial charge in [0.15, 0.2) is 0 Å². The van der Waals surface area contributed by atoms with Gasteiger partial charge in [0.2, 0.25) is 5.91 Å². The molecule has 0 spiro atoms. The molecule has 0 bridgehead atoms. The van der Waals surface area contributed by atoms with E-state index in [4.69, 9.17) is 5.73 Å². The van der Waals surface area contributed by atoms with Crippen molar-refractivity contribution in [2.75, 3.05) is 6.54 Å². The van der Waals surface area contributed by atoms with Gasteiger partial charge < -0.3 is 5.73 Å². The molecule has 0 saturated carbocycles. The highest BCUT2D eigenvalue weighted by molar-refractivity contribution is 5.91. The van der Waals surface area contributed by atoms with Gasteiger partial charge in [0.1, 0.15) is 0 Å². The lowest BCUT2D eigenvalue weighted by Gasteiger charge is -2.30. The van der Waals surface area contributed by atoms with Gasteiger partial charge in [-0.3, -0.25) is 9.69 Å². The number of hydrogen-bond acceptors (Lipinski definition) is 2. The minimum atomic E-state index is -0.315. The van der Waals surface area contributed by atoms with E-state index in [0.717, 1.165) is 19.4 Å². The number of nitrogens with zero attached hydrogens (tertiary/aromatic N) is 1. The molecule has 0 rings (SSSR count). The monoisotopic (exact) mass is 226 g/mol. The molecule has 0 aromatic carbocycles. The maximum absolute atomic E-state index is 10.8. The standard InChI is InChI=1S/C13H26N2O/c1-10(2)15(11(3)4)9-7-6-8-12(5)13(14)16/h8,10-11H,6-7,9H2,1-5H3,(H2,14,16). The van der Waals surface area contributed by atoms with Crippen LogP contribution in [0, 0.1) is 0 Å². The number of nitrogens with two attached hydrogens (primary N) is 1. The molecule has 0 aliphatic heterocycles. The predicted octanol–water partition coefficient (Wildman–Crippen LogP) is 2.32. The molecular formula is C13H26N2O. The third kappa shape index (κ3) is 5.91. The molecule has 1 amide bonds. The normalized spacial score (nSPS) is 12.9. The van der Waals surface area contributed by atoms with Crippen LogP contribution in [0.4, 0.5) is 0 Å². The first-order valence-corrected chi connectivity index (χ1v) is 6.08. The van der Waals surface area contributed by atoms with Gasteiger partial charge in [-0.15, -0.1) is 0 Å². The molecule has 0 fully saturated rings. The van der Waals surface area contributed by atoms with Crippen LogP contribution in [-0.4, -0.2) is 29.4 Å². The van der Waals surface area contributed by atoms with E-state index in [-0.39, 0.29) is 5.91 Å². The van der Waals surface area contributed by atoms with Gasteiger partial charge >= 0.3 is 0 Å². The Morgan fingerprint density at radius 3 is 2.12 bits per heavy atom. The third-order valence-electron chi connectivity index (χ3n) is 2.79. The van der Waals surface area contributed by atoms with Crippen molar-refractivity contribution in [3.05, 3.63) is 11.6 Å². The van der Waals surface area contributed by atoms with Crippen LogP contribution in [0.1, 0.15) is 47.5 Å². The lowest BCUT2D eigenvalue weighted by atomic mass is 10.1. The van der Waals surface area contributed by atoms with E-state index in [1.807, 2.05) is 6.08 Å². The van der Waals surface area contributed by atoms with Crippen molar-refractivity contribution >= 4 is 5.91 Å². The van der Waals surface area contributed by atoms with Gasteiger partial charge in [0.25, 0.3) is 0 Å². The highest BCUT2D eigenvalue weighted by Gasteiger charge is 2.11. The largest absolute Gasteiger partial charge is 0.366 e. The van der Waals surface area contributed by atoms with Crippen molar-refractivity contribution < 1.29 is 4.79 Å². The molecule has 0 aromatic rings. The van der Waals surface area contributed by atoms with Crippen LogP contribution in [0.15, 0.2) is 11.6 Å². The minimum absolute atomic E-state index is 0.315. The van der Waals surface area contributed by atoms with Gasteiger partial charge in [-0.25, -0.2) is 0 Å². The van der Waals surface area contributed by atoms with Crippen molar-refractivity contribution in [2.24, 2.45) is 5.73 Å². The number of hydrogen-bond donors (Lipinski definition) is 1. The van der Waals surface area contributed by atoms with Gasteiger partial charge in [-0.2, -0.15) is 0 Å². The summed E-state index contributed by atoms with van der Waals surface area (Å²) in [4.78, 5) is 13.2. The van der Waals surface area contributed by atoms with Crippen LogP contribution in [0.25, 0.3) is 0 Å². The van der Waals surface area contributed by atoms with E-state index in [2.05, 4.69) is 32.6 Å². The molecule has 0 heterocycles. The lowest BCUT2D eigenvalue weighted by molar-refractivity contribution is -0.114. The number of amides is 1. The molecule has 94 valence electrons. The summed E-state index contributed by atoms with van der Waals surface area (Å²) in [5, 5.41) is 0. The molecule has 0 saturated heterocycles. The Kier molecular flexibility index (Phi) is 7.06. The molecule has 3 heteroatoms. The molecule has 0 atom stereocenters. The number of carbonyl (C=O) groups is 1. The molecule has 3 nitrogen and oxygen atoms in total. The zero-order valence-corrected chi connectivity index (χ0v) is 11.3. The zero-order valence-electron chi connectivity index (χ0n) is 11.3. The number of unbranched alkanes of at least 4 members (excludes halogenated alkanes) is 1. The van der Waals surface area contributed by atoms with Gasteiger partial charge in [0, 0.05) is 17.7 Å². The summed E-state index contributed by atoms with van der Waals surface area (Å²) in [7, 11) is 0. The van der Waals surface area contributed by atoms with Gasteiger partial charge in [0.05, 0.1) is 0 Å². The van der Waals surface area contributed by atoms with Crippen LogP contribution in [0.2, 0.25) is 0 Å². The lowest BCUT2D eigenvalue weighted by Crippen LogP contribution is -2.37. The zero-order chi connectivity index (χ0) is 12.7. The van der Waals surface area contributed by atoms with E-state index in [1.54, 1.807) is 6.92 Å². The van der Waals surface area contributed by atoms with Crippen LogP contribution in [-0.2, 0) is 4.79 Å². The molecule has 2 N–H and O–H groups in total. The fourth-order valence-electron chi connectivity index (χ4n) is 1.81. The smallest absolute Gasteiger partial charge is 0.244 e. The summed E-state index contributed by atoms with van der Waals surface area (Å²) in [6.45, 7) is 11.7. The quantitative estimate of drug-likeness (QED) is 0.535. The number of carbonyl (C=O) groups excluding carboxylic acids is 1. The Hall–Kier alpha value is -0.830. The van der Waals surface area contributed by atoms with E-state index in [0.29, 0.717) is 17.7 Å². The van der Waals surface area contributed by atoms with E-state index >= 15 is 0 Å². The molecule has 0 aromatic heterocycles. The summed E-state index contributed by atoms with van der Waals surface area (Å²) >= 11 is 0. The average molecular weight is 226 g/mol. The Morgan fingerprint density at radius 1 is 1.25 bits per heavy atom. The van der Waals surface area contributed by atoms with Gasteiger partial charge in [-0.05, 0) is 54.0 Å². The highest BCUT2D eigenvalue weighted by atomic mass is 16.1. The van der Waals surface area contributed by atoms with E-state index in [9.17, 15) is 4.79 Å². The molecule has 0 aliphatic rings. The van der Waals surface area contributed by atoms with Crippen molar-refractivity contribution in [3.8, 4) is 0 Å². The van der Waals surface area contributed by atoms with Crippen LogP contribution < -0.4 is 5.73 Å². The predicted molar refractivity (Wildman–Crippen MR) is 69.2 cm³/mol. The van der Waals surface area contributed by atoms with Crippen LogP contribution in [0.5, 0.6) is 0 Å². The molecule has 0 aliphatic carbocycles. The Balaban J connectivity index is 3.97.